The zero-order valence-corrected chi connectivity index (χ0v) is 11.8. The minimum atomic E-state index is -1.45. The van der Waals surface area contributed by atoms with Gasteiger partial charge in [-0.1, -0.05) is 0 Å². The van der Waals surface area contributed by atoms with Gasteiger partial charge in [0.15, 0.2) is 5.54 Å². The van der Waals surface area contributed by atoms with Crippen LogP contribution in [0.25, 0.3) is 11.0 Å². The van der Waals surface area contributed by atoms with E-state index in [-0.39, 0.29) is 18.9 Å². The van der Waals surface area contributed by atoms with Gasteiger partial charge in [0, 0.05) is 24.9 Å². The first-order chi connectivity index (χ1) is 9.96. The van der Waals surface area contributed by atoms with Crippen molar-refractivity contribution in [2.24, 2.45) is 0 Å². The number of aliphatic carboxylic acids is 1. The van der Waals surface area contributed by atoms with Crippen molar-refractivity contribution in [1.29, 1.82) is 0 Å². The van der Waals surface area contributed by atoms with Crippen molar-refractivity contribution in [3.05, 3.63) is 30.1 Å². The molecule has 2 aromatic rings. The average Bonchev–Trinajstić information content (AvgIpc) is 2.82. The van der Waals surface area contributed by atoms with Gasteiger partial charge < -0.3 is 20.1 Å². The first-order valence-corrected chi connectivity index (χ1v) is 6.40. The molecule has 1 atom stereocenters. The summed E-state index contributed by atoms with van der Waals surface area (Å²) in [6.07, 6.45) is 3.42. The fourth-order valence-corrected chi connectivity index (χ4v) is 2.12. The average molecular weight is 291 g/mol. The summed E-state index contributed by atoms with van der Waals surface area (Å²) in [5.74, 6) is -1.53. The molecule has 0 aliphatic carbocycles. The molecule has 2 rings (SSSR count). The van der Waals surface area contributed by atoms with Gasteiger partial charge in [-0.05, 0) is 24.6 Å². The van der Waals surface area contributed by atoms with Crippen molar-refractivity contribution >= 4 is 22.9 Å². The smallest absolute Gasteiger partial charge is 0.331 e. The third kappa shape index (κ3) is 3.19. The highest BCUT2D eigenvalue weighted by molar-refractivity contribution is 5.90. The molecule has 0 saturated carbocycles. The third-order valence-electron chi connectivity index (χ3n) is 3.21. The SMILES string of the molecule is COCC(C)(NC(=O)Cc1c[nH]c2ncccc12)C(=O)O. The van der Waals surface area contributed by atoms with Crippen molar-refractivity contribution < 1.29 is 19.4 Å². The number of methoxy groups -OCH3 is 1. The van der Waals surface area contributed by atoms with E-state index in [1.54, 1.807) is 18.5 Å². The van der Waals surface area contributed by atoms with Gasteiger partial charge in [-0.15, -0.1) is 0 Å². The third-order valence-corrected chi connectivity index (χ3v) is 3.21. The Balaban J connectivity index is 2.12. The summed E-state index contributed by atoms with van der Waals surface area (Å²) in [6, 6.07) is 3.64. The maximum atomic E-state index is 12.1. The summed E-state index contributed by atoms with van der Waals surface area (Å²) in [7, 11) is 1.39. The van der Waals surface area contributed by atoms with Crippen molar-refractivity contribution in [3.8, 4) is 0 Å². The highest BCUT2D eigenvalue weighted by Gasteiger charge is 2.35. The van der Waals surface area contributed by atoms with Gasteiger partial charge in [0.05, 0.1) is 13.0 Å². The van der Waals surface area contributed by atoms with Crippen molar-refractivity contribution in [1.82, 2.24) is 15.3 Å². The van der Waals surface area contributed by atoms with Crippen LogP contribution in [0.3, 0.4) is 0 Å². The van der Waals surface area contributed by atoms with E-state index >= 15 is 0 Å². The summed E-state index contributed by atoms with van der Waals surface area (Å²) < 4.78 is 4.86. The molecule has 0 saturated heterocycles. The number of H-pyrrole nitrogens is 1. The topological polar surface area (TPSA) is 104 Å². The quantitative estimate of drug-likeness (QED) is 0.727. The predicted molar refractivity (Wildman–Crippen MR) is 75.9 cm³/mol. The zero-order chi connectivity index (χ0) is 15.5. The lowest BCUT2D eigenvalue weighted by Gasteiger charge is -2.25. The Kier molecular flexibility index (Phi) is 4.23. The number of carboxylic acids is 1. The highest BCUT2D eigenvalue weighted by Crippen LogP contribution is 2.16. The standard InChI is InChI=1S/C14H17N3O4/c1-14(8-21-2,13(19)20)17-11(18)6-9-7-16-12-10(9)4-3-5-15-12/h3-5,7H,6,8H2,1-2H3,(H,15,16)(H,17,18)(H,19,20). The normalized spacial score (nSPS) is 13.8. The Labute approximate surface area is 121 Å². The van der Waals surface area contributed by atoms with Crippen molar-refractivity contribution in [2.45, 2.75) is 18.9 Å². The van der Waals surface area contributed by atoms with Crippen LogP contribution in [0.15, 0.2) is 24.5 Å². The molecular weight excluding hydrogens is 274 g/mol. The number of hydrogen-bond acceptors (Lipinski definition) is 4. The molecular formula is C14H17N3O4. The molecule has 0 spiro atoms. The second-order valence-corrected chi connectivity index (χ2v) is 5.01. The number of aromatic amines is 1. The first-order valence-electron chi connectivity index (χ1n) is 6.40. The van der Waals surface area contributed by atoms with E-state index < -0.39 is 11.5 Å². The lowest BCUT2D eigenvalue weighted by Crippen LogP contribution is -2.55. The number of carbonyl (C=O) groups excluding carboxylic acids is 1. The maximum absolute atomic E-state index is 12.1. The number of hydrogen-bond donors (Lipinski definition) is 3. The number of nitrogens with zero attached hydrogens (tertiary/aromatic N) is 1. The molecule has 0 radical (unpaired) electrons. The van der Waals surface area contributed by atoms with Gasteiger partial charge in [0.1, 0.15) is 5.65 Å². The van der Waals surface area contributed by atoms with Crippen LogP contribution in [0.5, 0.6) is 0 Å². The lowest BCUT2D eigenvalue weighted by atomic mass is 10.0. The number of fused-ring (bicyclic) bond motifs is 1. The molecule has 1 unspecified atom stereocenters. The second kappa shape index (κ2) is 5.92. The second-order valence-electron chi connectivity index (χ2n) is 5.01. The first kappa shape index (κ1) is 15.0. The van der Waals surface area contributed by atoms with E-state index in [1.807, 2.05) is 6.07 Å². The molecule has 0 aliphatic heterocycles. The minimum absolute atomic E-state index is 0.0677. The number of pyridine rings is 1. The molecule has 0 fully saturated rings. The Hall–Kier alpha value is -2.41. The van der Waals surface area contributed by atoms with Crippen molar-refractivity contribution in [2.75, 3.05) is 13.7 Å². The number of carbonyl (C=O) groups is 2. The monoisotopic (exact) mass is 291 g/mol. The molecule has 0 bridgehead atoms. The van der Waals surface area contributed by atoms with E-state index in [9.17, 15) is 14.7 Å². The van der Waals surface area contributed by atoms with Crippen LogP contribution in [-0.2, 0) is 20.7 Å². The van der Waals surface area contributed by atoms with Gasteiger partial charge in [0.25, 0.3) is 0 Å². The van der Waals surface area contributed by atoms with Gasteiger partial charge in [-0.2, -0.15) is 0 Å². The van der Waals surface area contributed by atoms with Gasteiger partial charge in [0.2, 0.25) is 5.91 Å². The van der Waals surface area contributed by atoms with Crippen LogP contribution in [-0.4, -0.2) is 46.2 Å². The number of ether oxygens (including phenoxy) is 1. The number of amides is 1. The van der Waals surface area contributed by atoms with Gasteiger partial charge in [-0.3, -0.25) is 4.79 Å². The lowest BCUT2D eigenvalue weighted by molar-refractivity contribution is -0.149. The van der Waals surface area contributed by atoms with E-state index in [0.717, 1.165) is 10.9 Å². The zero-order valence-electron chi connectivity index (χ0n) is 11.8. The molecule has 7 nitrogen and oxygen atoms in total. The fourth-order valence-electron chi connectivity index (χ4n) is 2.12. The fraction of sp³-hybridized carbons (Fsp3) is 0.357. The number of nitrogens with one attached hydrogen (secondary N) is 2. The molecule has 7 heteroatoms. The van der Waals surface area contributed by atoms with Crippen LogP contribution in [0.1, 0.15) is 12.5 Å². The van der Waals surface area contributed by atoms with Crippen LogP contribution in [0.2, 0.25) is 0 Å². The van der Waals surface area contributed by atoms with Crippen LogP contribution in [0.4, 0.5) is 0 Å². The minimum Gasteiger partial charge on any atom is -0.479 e. The Morgan fingerprint density at radius 3 is 2.95 bits per heavy atom. The van der Waals surface area contributed by atoms with E-state index in [2.05, 4.69) is 15.3 Å². The maximum Gasteiger partial charge on any atom is 0.331 e. The predicted octanol–water partition coefficient (Wildman–Crippen LogP) is 0.711. The van der Waals surface area contributed by atoms with Crippen LogP contribution < -0.4 is 5.32 Å². The molecule has 1 amide bonds. The van der Waals surface area contributed by atoms with E-state index in [4.69, 9.17) is 4.74 Å². The molecule has 112 valence electrons. The van der Waals surface area contributed by atoms with Crippen LogP contribution in [0, 0.1) is 0 Å². The van der Waals surface area contributed by atoms with E-state index in [0.29, 0.717) is 5.65 Å². The molecule has 3 N–H and O–H groups in total. The van der Waals surface area contributed by atoms with Crippen molar-refractivity contribution in [3.63, 3.8) is 0 Å². The summed E-state index contributed by atoms with van der Waals surface area (Å²) in [4.78, 5) is 30.4. The largest absolute Gasteiger partial charge is 0.479 e. The molecule has 2 aromatic heterocycles. The number of rotatable bonds is 6. The van der Waals surface area contributed by atoms with Crippen LogP contribution >= 0.6 is 0 Å². The number of aromatic nitrogens is 2. The summed E-state index contributed by atoms with van der Waals surface area (Å²) in [5, 5.41) is 12.5. The summed E-state index contributed by atoms with van der Waals surface area (Å²) >= 11 is 0. The molecule has 21 heavy (non-hydrogen) atoms. The van der Waals surface area contributed by atoms with Gasteiger partial charge >= 0.3 is 5.97 Å². The molecule has 2 heterocycles. The summed E-state index contributed by atoms with van der Waals surface area (Å²) in [6.45, 7) is 1.30. The van der Waals surface area contributed by atoms with E-state index in [1.165, 1.54) is 14.0 Å². The van der Waals surface area contributed by atoms with Gasteiger partial charge in [-0.25, -0.2) is 9.78 Å². The summed E-state index contributed by atoms with van der Waals surface area (Å²) in [5.41, 5.74) is 0.00913. The molecule has 0 aliphatic rings. The number of carboxylic acid groups (broad SMARTS) is 1. The molecule has 0 aromatic carbocycles. The Morgan fingerprint density at radius 1 is 1.52 bits per heavy atom. The Bertz CT molecular complexity index is 667. The Morgan fingerprint density at radius 2 is 2.29 bits per heavy atom. The highest BCUT2D eigenvalue weighted by atomic mass is 16.5.